The van der Waals surface area contributed by atoms with Gasteiger partial charge in [0.05, 0.1) is 4.92 Å². The van der Waals surface area contributed by atoms with E-state index in [-0.39, 0.29) is 18.2 Å². The van der Waals surface area contributed by atoms with E-state index in [0.29, 0.717) is 11.4 Å². The SMILES string of the molecule is O=C(COc1cccc2ccc(N3CCCCC3)nc12)Nc1ccc([N+](=O)[O-])cc1. The van der Waals surface area contributed by atoms with E-state index >= 15 is 0 Å². The highest BCUT2D eigenvalue weighted by Gasteiger charge is 2.14. The first kappa shape index (κ1) is 19.6. The molecule has 1 aliphatic rings. The van der Waals surface area contributed by atoms with Gasteiger partial charge in [0, 0.05) is 36.3 Å². The molecule has 2 aromatic carbocycles. The van der Waals surface area contributed by atoms with Crippen molar-refractivity contribution in [2.45, 2.75) is 19.3 Å². The van der Waals surface area contributed by atoms with Crippen LogP contribution in [0.1, 0.15) is 19.3 Å². The second-order valence-electron chi connectivity index (χ2n) is 7.19. The molecule has 30 heavy (non-hydrogen) atoms. The lowest BCUT2D eigenvalue weighted by atomic mass is 10.1. The molecule has 1 saturated heterocycles. The minimum absolute atomic E-state index is 0.0319. The van der Waals surface area contributed by atoms with Gasteiger partial charge in [0.15, 0.2) is 6.61 Å². The second kappa shape index (κ2) is 8.77. The van der Waals surface area contributed by atoms with Crippen molar-refractivity contribution in [1.82, 2.24) is 4.98 Å². The first-order chi connectivity index (χ1) is 14.6. The molecule has 0 aliphatic carbocycles. The molecule has 8 nitrogen and oxygen atoms in total. The Morgan fingerprint density at radius 1 is 1.07 bits per heavy atom. The van der Waals surface area contributed by atoms with Crippen molar-refractivity contribution >= 4 is 34.0 Å². The Kier molecular flexibility index (Phi) is 5.74. The van der Waals surface area contributed by atoms with E-state index in [1.54, 1.807) is 6.07 Å². The number of carbonyl (C=O) groups is 1. The van der Waals surface area contributed by atoms with E-state index < -0.39 is 4.92 Å². The number of hydrogen-bond acceptors (Lipinski definition) is 6. The molecular weight excluding hydrogens is 384 g/mol. The molecule has 1 aromatic heterocycles. The molecule has 8 heteroatoms. The third-order valence-corrected chi connectivity index (χ3v) is 5.07. The number of anilines is 2. The van der Waals surface area contributed by atoms with Crippen molar-refractivity contribution in [3.8, 4) is 5.75 Å². The van der Waals surface area contributed by atoms with Gasteiger partial charge in [-0.1, -0.05) is 12.1 Å². The third-order valence-electron chi connectivity index (χ3n) is 5.07. The number of hydrogen-bond donors (Lipinski definition) is 1. The predicted octanol–water partition coefficient (Wildman–Crippen LogP) is 4.15. The molecule has 1 fully saturated rings. The standard InChI is InChI=1S/C22H22N4O4/c27-21(23-17-8-10-18(11-9-17)26(28)29)15-30-19-6-4-5-16-7-12-20(24-22(16)19)25-13-2-1-3-14-25/h4-12H,1-3,13-15H2,(H,23,27). The summed E-state index contributed by atoms with van der Waals surface area (Å²) >= 11 is 0. The van der Waals surface area contributed by atoms with Gasteiger partial charge in [0.2, 0.25) is 0 Å². The van der Waals surface area contributed by atoms with Gasteiger partial charge >= 0.3 is 0 Å². The Labute approximate surface area is 173 Å². The van der Waals surface area contributed by atoms with Crippen molar-refractivity contribution in [1.29, 1.82) is 0 Å². The van der Waals surface area contributed by atoms with Gasteiger partial charge in [-0.05, 0) is 49.6 Å². The van der Waals surface area contributed by atoms with Crippen LogP contribution in [0.15, 0.2) is 54.6 Å². The van der Waals surface area contributed by atoms with Gasteiger partial charge in [-0.2, -0.15) is 0 Å². The maximum atomic E-state index is 12.3. The summed E-state index contributed by atoms with van der Waals surface area (Å²) in [7, 11) is 0. The monoisotopic (exact) mass is 406 g/mol. The molecule has 1 N–H and O–H groups in total. The highest BCUT2D eigenvalue weighted by molar-refractivity contribution is 5.92. The number of piperidine rings is 1. The summed E-state index contributed by atoms with van der Waals surface area (Å²) in [5, 5.41) is 14.3. The van der Waals surface area contributed by atoms with Crippen LogP contribution in [-0.2, 0) is 4.79 Å². The minimum atomic E-state index is -0.486. The van der Waals surface area contributed by atoms with Crippen LogP contribution in [0.3, 0.4) is 0 Å². The highest BCUT2D eigenvalue weighted by Crippen LogP contribution is 2.27. The van der Waals surface area contributed by atoms with E-state index in [1.165, 1.54) is 43.5 Å². The van der Waals surface area contributed by atoms with Crippen LogP contribution >= 0.6 is 0 Å². The molecule has 0 saturated carbocycles. The lowest BCUT2D eigenvalue weighted by Crippen LogP contribution is -2.30. The molecular formula is C22H22N4O4. The fourth-order valence-electron chi connectivity index (χ4n) is 3.53. The Morgan fingerprint density at radius 3 is 2.57 bits per heavy atom. The second-order valence-corrected chi connectivity index (χ2v) is 7.19. The summed E-state index contributed by atoms with van der Waals surface area (Å²) in [6.07, 6.45) is 3.59. The number of amides is 1. The number of ether oxygens (including phenoxy) is 1. The number of benzene rings is 2. The molecule has 2 heterocycles. The smallest absolute Gasteiger partial charge is 0.269 e. The minimum Gasteiger partial charge on any atom is -0.481 e. The fourth-order valence-corrected chi connectivity index (χ4v) is 3.53. The number of para-hydroxylation sites is 1. The number of aromatic nitrogens is 1. The number of nitro benzene ring substituents is 1. The fraction of sp³-hybridized carbons (Fsp3) is 0.273. The van der Waals surface area contributed by atoms with E-state index in [9.17, 15) is 14.9 Å². The summed E-state index contributed by atoms with van der Waals surface area (Å²) in [6, 6.07) is 15.3. The molecule has 4 rings (SSSR count). The summed E-state index contributed by atoms with van der Waals surface area (Å²) in [6.45, 7) is 1.81. The average molecular weight is 406 g/mol. The van der Waals surface area contributed by atoms with Crippen molar-refractivity contribution < 1.29 is 14.5 Å². The number of pyridine rings is 1. The lowest BCUT2D eigenvalue weighted by molar-refractivity contribution is -0.384. The zero-order chi connectivity index (χ0) is 20.9. The molecule has 154 valence electrons. The molecule has 0 unspecified atom stereocenters. The number of nitrogens with one attached hydrogen (secondary N) is 1. The lowest BCUT2D eigenvalue weighted by Gasteiger charge is -2.28. The Hall–Kier alpha value is -3.68. The van der Waals surface area contributed by atoms with Gasteiger partial charge in [0.25, 0.3) is 11.6 Å². The van der Waals surface area contributed by atoms with Crippen LogP contribution < -0.4 is 15.0 Å². The quantitative estimate of drug-likeness (QED) is 0.488. The van der Waals surface area contributed by atoms with Crippen molar-refractivity contribution in [2.24, 2.45) is 0 Å². The van der Waals surface area contributed by atoms with Crippen LogP contribution in [0.5, 0.6) is 5.75 Å². The molecule has 0 atom stereocenters. The number of nitrogens with zero attached hydrogens (tertiary/aromatic N) is 3. The van der Waals surface area contributed by atoms with Crippen molar-refractivity contribution in [2.75, 3.05) is 29.9 Å². The van der Waals surface area contributed by atoms with Gasteiger partial charge in [-0.25, -0.2) is 4.98 Å². The zero-order valence-electron chi connectivity index (χ0n) is 16.4. The maximum absolute atomic E-state index is 12.3. The van der Waals surface area contributed by atoms with Crippen LogP contribution in [0.2, 0.25) is 0 Å². The summed E-state index contributed by atoms with van der Waals surface area (Å²) in [4.78, 5) is 29.6. The third kappa shape index (κ3) is 4.48. The first-order valence-electron chi connectivity index (χ1n) is 9.92. The van der Waals surface area contributed by atoms with Gasteiger partial charge < -0.3 is 15.0 Å². The van der Waals surface area contributed by atoms with Crippen LogP contribution in [0, 0.1) is 10.1 Å². The van der Waals surface area contributed by atoms with E-state index in [1.807, 2.05) is 24.3 Å². The van der Waals surface area contributed by atoms with E-state index in [0.717, 1.165) is 29.8 Å². The van der Waals surface area contributed by atoms with Gasteiger partial charge in [-0.15, -0.1) is 0 Å². The van der Waals surface area contributed by atoms with Gasteiger partial charge in [0.1, 0.15) is 17.1 Å². The highest BCUT2D eigenvalue weighted by atomic mass is 16.6. The average Bonchev–Trinajstić information content (AvgIpc) is 2.78. The molecule has 0 radical (unpaired) electrons. The van der Waals surface area contributed by atoms with E-state index in [4.69, 9.17) is 9.72 Å². The molecule has 0 spiro atoms. The first-order valence-corrected chi connectivity index (χ1v) is 9.92. The number of fused-ring (bicyclic) bond motifs is 1. The number of nitro groups is 1. The zero-order valence-corrected chi connectivity index (χ0v) is 16.4. The maximum Gasteiger partial charge on any atom is 0.269 e. The Bertz CT molecular complexity index is 1060. The molecule has 0 bridgehead atoms. The van der Waals surface area contributed by atoms with Crippen LogP contribution in [0.25, 0.3) is 10.9 Å². The Morgan fingerprint density at radius 2 is 1.83 bits per heavy atom. The number of rotatable bonds is 6. The number of non-ortho nitro benzene ring substituents is 1. The summed E-state index contributed by atoms with van der Waals surface area (Å²) < 4.78 is 5.76. The number of carbonyl (C=O) groups excluding carboxylic acids is 1. The van der Waals surface area contributed by atoms with Crippen LogP contribution in [-0.4, -0.2) is 35.5 Å². The largest absolute Gasteiger partial charge is 0.481 e. The molecule has 3 aromatic rings. The Balaban J connectivity index is 1.45. The summed E-state index contributed by atoms with van der Waals surface area (Å²) in [5.41, 5.74) is 1.16. The van der Waals surface area contributed by atoms with E-state index in [2.05, 4.69) is 10.2 Å². The van der Waals surface area contributed by atoms with Gasteiger partial charge in [-0.3, -0.25) is 14.9 Å². The topological polar surface area (TPSA) is 97.6 Å². The van der Waals surface area contributed by atoms with Crippen molar-refractivity contribution in [3.05, 3.63) is 64.7 Å². The summed E-state index contributed by atoms with van der Waals surface area (Å²) in [5.74, 6) is 1.12. The van der Waals surface area contributed by atoms with Crippen LogP contribution in [0.4, 0.5) is 17.2 Å². The molecule has 1 amide bonds. The van der Waals surface area contributed by atoms with Crippen molar-refractivity contribution in [3.63, 3.8) is 0 Å². The molecule has 1 aliphatic heterocycles. The normalized spacial score (nSPS) is 13.8. The predicted molar refractivity (Wildman–Crippen MR) is 115 cm³/mol.